The van der Waals surface area contributed by atoms with Crippen LogP contribution in [0.4, 0.5) is 24.7 Å². The predicted octanol–water partition coefficient (Wildman–Crippen LogP) is 7.34. The van der Waals surface area contributed by atoms with Gasteiger partial charge in [0.1, 0.15) is 5.82 Å². The number of aromatic nitrogens is 2. The van der Waals surface area contributed by atoms with E-state index in [1.807, 2.05) is 42.5 Å². The molecule has 1 N–H and O–H groups in total. The number of fused-ring (bicyclic) bond motifs is 1. The largest absolute Gasteiger partial charge is 0.416 e. The second-order valence-electron chi connectivity index (χ2n) is 6.46. The van der Waals surface area contributed by atoms with Crippen molar-refractivity contribution in [1.82, 2.24) is 9.97 Å². The number of rotatable bonds is 5. The number of benzene rings is 3. The van der Waals surface area contributed by atoms with Crippen molar-refractivity contribution in [3.05, 3.63) is 88.9 Å². The molecule has 0 atom stereocenters. The van der Waals surface area contributed by atoms with Crippen LogP contribution >= 0.6 is 23.4 Å². The van der Waals surface area contributed by atoms with Gasteiger partial charge in [-0.3, -0.25) is 0 Å². The van der Waals surface area contributed by atoms with E-state index in [0.717, 1.165) is 34.3 Å². The van der Waals surface area contributed by atoms with E-state index in [4.69, 9.17) is 11.6 Å². The molecule has 0 amide bonds. The van der Waals surface area contributed by atoms with Crippen molar-refractivity contribution in [3.63, 3.8) is 0 Å². The lowest BCUT2D eigenvalue weighted by Gasteiger charge is -2.12. The van der Waals surface area contributed by atoms with Crippen LogP contribution in [0.2, 0.25) is 5.02 Å². The molecule has 8 heteroatoms. The summed E-state index contributed by atoms with van der Waals surface area (Å²) in [6.45, 7) is 0. The molecule has 0 unspecified atom stereocenters. The molecule has 3 aromatic carbocycles. The first-order valence-electron chi connectivity index (χ1n) is 8.97. The standard InChI is InChI=1S/C22H15ClF3N3S/c23-17-6-2-4-8-19(17)27-20-16-5-1-3-7-18(16)28-21(29-20)30-13-14-9-11-15(12-10-14)22(24,25)26/h1-12H,13H2,(H,27,28,29). The molecule has 0 saturated heterocycles. The molecule has 0 aliphatic rings. The van der Waals surface area contributed by atoms with Gasteiger partial charge >= 0.3 is 6.18 Å². The monoisotopic (exact) mass is 445 g/mol. The van der Waals surface area contributed by atoms with Gasteiger partial charge in [0, 0.05) is 11.1 Å². The average molecular weight is 446 g/mol. The van der Waals surface area contributed by atoms with Crippen molar-refractivity contribution in [1.29, 1.82) is 0 Å². The average Bonchev–Trinajstić information content (AvgIpc) is 2.73. The first kappa shape index (κ1) is 20.5. The zero-order valence-corrected chi connectivity index (χ0v) is 17.0. The Balaban J connectivity index is 1.59. The number of halogens is 4. The zero-order valence-electron chi connectivity index (χ0n) is 15.4. The Kier molecular flexibility index (Phi) is 5.83. The van der Waals surface area contributed by atoms with Crippen LogP contribution in [-0.4, -0.2) is 9.97 Å². The van der Waals surface area contributed by atoms with Gasteiger partial charge in [-0.05, 0) is 42.0 Å². The highest BCUT2D eigenvalue weighted by molar-refractivity contribution is 7.98. The molecule has 0 fully saturated rings. The lowest BCUT2D eigenvalue weighted by atomic mass is 10.1. The van der Waals surface area contributed by atoms with E-state index < -0.39 is 11.7 Å². The quantitative estimate of drug-likeness (QED) is 0.257. The maximum absolute atomic E-state index is 12.7. The van der Waals surface area contributed by atoms with Gasteiger partial charge in [-0.15, -0.1) is 0 Å². The highest BCUT2D eigenvalue weighted by Crippen LogP contribution is 2.32. The molecule has 0 aliphatic carbocycles. The lowest BCUT2D eigenvalue weighted by molar-refractivity contribution is -0.137. The second kappa shape index (κ2) is 8.53. The van der Waals surface area contributed by atoms with Crippen LogP contribution in [-0.2, 0) is 11.9 Å². The highest BCUT2D eigenvalue weighted by Gasteiger charge is 2.29. The molecule has 1 aromatic heterocycles. The summed E-state index contributed by atoms with van der Waals surface area (Å²) in [7, 11) is 0. The van der Waals surface area contributed by atoms with E-state index in [0.29, 0.717) is 21.7 Å². The fourth-order valence-electron chi connectivity index (χ4n) is 2.84. The van der Waals surface area contributed by atoms with Crippen molar-refractivity contribution >= 4 is 45.8 Å². The highest BCUT2D eigenvalue weighted by atomic mass is 35.5. The summed E-state index contributed by atoms with van der Waals surface area (Å²) in [5, 5.41) is 5.19. The molecule has 0 saturated carbocycles. The molecule has 0 aliphatic heterocycles. The molecule has 3 nitrogen and oxygen atoms in total. The summed E-state index contributed by atoms with van der Waals surface area (Å²) in [6.07, 6.45) is -4.34. The van der Waals surface area contributed by atoms with Gasteiger partial charge in [0.15, 0.2) is 5.16 Å². The molecule has 4 aromatic rings. The maximum atomic E-state index is 12.7. The second-order valence-corrected chi connectivity index (χ2v) is 7.81. The minimum absolute atomic E-state index is 0.446. The number of hydrogen-bond acceptors (Lipinski definition) is 4. The summed E-state index contributed by atoms with van der Waals surface area (Å²) >= 11 is 7.61. The van der Waals surface area contributed by atoms with Gasteiger partial charge in [-0.1, -0.05) is 59.8 Å². The third kappa shape index (κ3) is 4.68. The molecule has 152 valence electrons. The Labute approximate surface area is 180 Å². The molecule has 1 heterocycles. The van der Waals surface area contributed by atoms with Gasteiger partial charge in [0.05, 0.1) is 21.8 Å². The van der Waals surface area contributed by atoms with Gasteiger partial charge in [-0.25, -0.2) is 9.97 Å². The molecule has 30 heavy (non-hydrogen) atoms. The third-order valence-corrected chi connectivity index (χ3v) is 5.61. The number of nitrogens with zero attached hydrogens (tertiary/aromatic N) is 2. The molecular weight excluding hydrogens is 431 g/mol. The fourth-order valence-corrected chi connectivity index (χ4v) is 3.83. The van der Waals surface area contributed by atoms with E-state index in [9.17, 15) is 13.2 Å². The Bertz CT molecular complexity index is 1180. The van der Waals surface area contributed by atoms with Crippen molar-refractivity contribution in [2.45, 2.75) is 17.1 Å². The van der Waals surface area contributed by atoms with E-state index in [-0.39, 0.29) is 0 Å². The van der Waals surface area contributed by atoms with Crippen molar-refractivity contribution in [2.75, 3.05) is 5.32 Å². The van der Waals surface area contributed by atoms with Gasteiger partial charge in [0.25, 0.3) is 0 Å². The topological polar surface area (TPSA) is 37.8 Å². The Morgan fingerprint density at radius 1 is 0.867 bits per heavy atom. The Morgan fingerprint density at radius 2 is 1.57 bits per heavy atom. The number of hydrogen-bond donors (Lipinski definition) is 1. The number of anilines is 2. The molecule has 4 rings (SSSR count). The summed E-state index contributed by atoms with van der Waals surface area (Å²) < 4.78 is 38.2. The van der Waals surface area contributed by atoms with E-state index in [1.54, 1.807) is 6.07 Å². The van der Waals surface area contributed by atoms with Gasteiger partial charge < -0.3 is 5.32 Å². The third-order valence-electron chi connectivity index (χ3n) is 4.36. The van der Waals surface area contributed by atoms with Crippen molar-refractivity contribution in [3.8, 4) is 0 Å². The molecular formula is C22H15ClF3N3S. The van der Waals surface area contributed by atoms with E-state index >= 15 is 0 Å². The maximum Gasteiger partial charge on any atom is 0.416 e. The van der Waals surface area contributed by atoms with Crippen LogP contribution in [0.15, 0.2) is 78.0 Å². The van der Waals surface area contributed by atoms with Crippen molar-refractivity contribution in [2.24, 2.45) is 0 Å². The summed E-state index contributed by atoms with van der Waals surface area (Å²) in [5.74, 6) is 1.06. The lowest BCUT2D eigenvalue weighted by Crippen LogP contribution is -2.04. The minimum atomic E-state index is -4.34. The summed E-state index contributed by atoms with van der Waals surface area (Å²) in [6, 6.07) is 20.1. The number of para-hydroxylation sites is 2. The fraction of sp³-hybridized carbons (Fsp3) is 0.0909. The predicted molar refractivity (Wildman–Crippen MR) is 115 cm³/mol. The minimum Gasteiger partial charge on any atom is -0.338 e. The first-order valence-corrected chi connectivity index (χ1v) is 10.3. The normalized spacial score (nSPS) is 11.6. The van der Waals surface area contributed by atoms with Crippen LogP contribution in [0, 0.1) is 0 Å². The Hall–Kier alpha value is -2.77. The van der Waals surface area contributed by atoms with E-state index in [2.05, 4.69) is 15.3 Å². The Morgan fingerprint density at radius 3 is 2.30 bits per heavy atom. The summed E-state index contributed by atoms with van der Waals surface area (Å²) in [5.41, 5.74) is 1.58. The SMILES string of the molecule is FC(F)(F)c1ccc(CSc2nc(Nc3ccccc3Cl)c3ccccc3n2)cc1. The van der Waals surface area contributed by atoms with E-state index in [1.165, 1.54) is 23.9 Å². The first-order chi connectivity index (χ1) is 14.4. The van der Waals surface area contributed by atoms with Crippen LogP contribution in [0.25, 0.3) is 10.9 Å². The van der Waals surface area contributed by atoms with Crippen LogP contribution < -0.4 is 5.32 Å². The van der Waals surface area contributed by atoms with Gasteiger partial charge in [0.2, 0.25) is 0 Å². The molecule has 0 radical (unpaired) electrons. The van der Waals surface area contributed by atoms with Crippen molar-refractivity contribution < 1.29 is 13.2 Å². The van der Waals surface area contributed by atoms with Gasteiger partial charge in [-0.2, -0.15) is 13.2 Å². The van der Waals surface area contributed by atoms with Crippen LogP contribution in [0.3, 0.4) is 0 Å². The van der Waals surface area contributed by atoms with Crippen LogP contribution in [0.5, 0.6) is 0 Å². The molecule has 0 bridgehead atoms. The number of alkyl halides is 3. The number of thioether (sulfide) groups is 1. The molecule has 0 spiro atoms. The van der Waals surface area contributed by atoms with Crippen LogP contribution in [0.1, 0.15) is 11.1 Å². The zero-order chi connectivity index (χ0) is 21.1. The smallest absolute Gasteiger partial charge is 0.338 e. The number of nitrogens with one attached hydrogen (secondary N) is 1. The summed E-state index contributed by atoms with van der Waals surface area (Å²) in [4.78, 5) is 9.18.